The van der Waals surface area contributed by atoms with Gasteiger partial charge in [-0.25, -0.2) is 18.6 Å². The molecule has 1 amide bonds. The van der Waals surface area contributed by atoms with Crippen molar-refractivity contribution in [1.29, 1.82) is 0 Å². The zero-order valence-electron chi connectivity index (χ0n) is 23.5. The molecule has 0 saturated carbocycles. The lowest BCUT2D eigenvalue weighted by Crippen LogP contribution is -2.69. The highest BCUT2D eigenvalue weighted by atomic mass is 19.1. The van der Waals surface area contributed by atoms with E-state index in [1.165, 1.54) is 13.2 Å². The maximum absolute atomic E-state index is 16.4. The summed E-state index contributed by atoms with van der Waals surface area (Å²) in [6.45, 7) is 8.15. The monoisotopic (exact) mass is 556 g/mol. The number of pyridine rings is 2. The average molecular weight is 557 g/mol. The van der Waals surface area contributed by atoms with Crippen molar-refractivity contribution < 1.29 is 23.0 Å². The van der Waals surface area contributed by atoms with Gasteiger partial charge in [0.15, 0.2) is 5.82 Å². The lowest BCUT2D eigenvalue weighted by molar-refractivity contribution is 0.0150. The molecule has 3 atom stereocenters. The first-order chi connectivity index (χ1) is 19.5. The zero-order chi connectivity index (χ0) is 29.2. The molecular weight excluding hydrogens is 526 g/mol. The van der Waals surface area contributed by atoms with Crippen molar-refractivity contribution in [2.45, 2.75) is 57.8 Å². The minimum absolute atomic E-state index is 0.0170. The van der Waals surface area contributed by atoms with E-state index in [4.69, 9.17) is 15.9 Å². The summed E-state index contributed by atoms with van der Waals surface area (Å²) in [6.07, 6.45) is 7.65. The number of carbonyl (C=O) groups excluding carboxylic acids is 1. The summed E-state index contributed by atoms with van der Waals surface area (Å²) < 4.78 is 42.1. The van der Waals surface area contributed by atoms with Crippen LogP contribution in [0.2, 0.25) is 0 Å². The predicted octanol–water partition coefficient (Wildman–Crippen LogP) is 6.30. The Hall–Kier alpha value is -4.45. The molecule has 2 aromatic heterocycles. The van der Waals surface area contributed by atoms with E-state index in [2.05, 4.69) is 20.8 Å². The first-order valence-electron chi connectivity index (χ1n) is 13.5. The van der Waals surface area contributed by atoms with Crippen LogP contribution in [0.25, 0.3) is 32.9 Å². The average Bonchev–Trinajstić information content (AvgIpc) is 3.32. The standard InChI is InChI=1S/C32H30F2N4O3/c1-7-19-22(33)12-11-18-9-8-10-20(26(18)19)28-27(34)29-21(16-35-28)24(15-25(36-29)40-6)38-17(2)30-23(38)13-14-37(30)31(39)41-32(3,4)5/h1,8-12,15-17,23,30H,13-14H2,2-6H3/t17-,23+,30+/m0/s1. The topological polar surface area (TPSA) is 67.8 Å². The SMILES string of the molecule is C#Cc1c(F)ccc2cccc(-c3ncc4c(N5[C@@H]6CCN(C(=O)OC(C)(C)C)[C@@H]6[C@@H]5C)cc(OC)nc4c3F)c12. The minimum atomic E-state index is -0.658. The number of carbonyl (C=O) groups is 1. The number of fused-ring (bicyclic) bond motifs is 3. The first kappa shape index (κ1) is 26.8. The fourth-order valence-corrected chi connectivity index (χ4v) is 6.29. The molecular formula is C32H30F2N4O3. The smallest absolute Gasteiger partial charge is 0.410 e. The molecule has 0 N–H and O–H groups in total. The molecule has 4 aromatic rings. The maximum Gasteiger partial charge on any atom is 0.410 e. The second-order valence-corrected chi connectivity index (χ2v) is 11.5. The van der Waals surface area contributed by atoms with E-state index in [9.17, 15) is 9.18 Å². The van der Waals surface area contributed by atoms with Gasteiger partial charge in [-0.1, -0.05) is 30.2 Å². The molecule has 0 unspecified atom stereocenters. The fourth-order valence-electron chi connectivity index (χ4n) is 6.29. The van der Waals surface area contributed by atoms with Crippen molar-refractivity contribution in [2.75, 3.05) is 18.6 Å². The number of terminal acetylenes is 1. The van der Waals surface area contributed by atoms with Gasteiger partial charge in [0, 0.05) is 41.2 Å². The van der Waals surface area contributed by atoms with Crippen molar-refractivity contribution in [3.05, 3.63) is 59.8 Å². The number of halogens is 2. The van der Waals surface area contributed by atoms with Gasteiger partial charge in [0.1, 0.15) is 22.6 Å². The van der Waals surface area contributed by atoms with Gasteiger partial charge in [-0.15, -0.1) is 6.42 Å². The van der Waals surface area contributed by atoms with Gasteiger partial charge in [-0.2, -0.15) is 0 Å². The summed E-state index contributed by atoms with van der Waals surface area (Å²) in [4.78, 5) is 25.8. The third kappa shape index (κ3) is 4.21. The number of nitrogens with zero attached hydrogens (tertiary/aromatic N) is 4. The molecule has 2 aliphatic heterocycles. The number of aromatic nitrogens is 2. The van der Waals surface area contributed by atoms with E-state index in [1.54, 1.807) is 41.4 Å². The number of hydrogen-bond donors (Lipinski definition) is 0. The first-order valence-corrected chi connectivity index (χ1v) is 13.5. The van der Waals surface area contributed by atoms with Crippen LogP contribution in [0.5, 0.6) is 5.88 Å². The molecule has 4 heterocycles. The molecule has 210 valence electrons. The van der Waals surface area contributed by atoms with Gasteiger partial charge in [-0.3, -0.25) is 4.98 Å². The number of anilines is 1. The number of rotatable bonds is 3. The number of amides is 1. The lowest BCUT2D eigenvalue weighted by atomic mass is 9.87. The zero-order valence-corrected chi connectivity index (χ0v) is 23.5. The third-order valence-electron chi connectivity index (χ3n) is 7.97. The van der Waals surface area contributed by atoms with Crippen LogP contribution in [0.4, 0.5) is 19.3 Å². The van der Waals surface area contributed by atoms with Crippen molar-refractivity contribution in [1.82, 2.24) is 14.9 Å². The molecule has 2 saturated heterocycles. The number of methoxy groups -OCH3 is 1. The summed E-state index contributed by atoms with van der Waals surface area (Å²) in [7, 11) is 1.48. The summed E-state index contributed by atoms with van der Waals surface area (Å²) in [5.74, 6) is 1.43. The summed E-state index contributed by atoms with van der Waals surface area (Å²) in [6, 6.07) is 9.83. The molecule has 6 rings (SSSR count). The molecule has 2 aromatic carbocycles. The predicted molar refractivity (Wildman–Crippen MR) is 154 cm³/mol. The van der Waals surface area contributed by atoms with E-state index in [0.717, 1.165) is 12.1 Å². The third-order valence-corrected chi connectivity index (χ3v) is 7.97. The number of likely N-dealkylation sites (tertiary alicyclic amines) is 1. The summed E-state index contributed by atoms with van der Waals surface area (Å²) >= 11 is 0. The van der Waals surface area contributed by atoms with Crippen LogP contribution >= 0.6 is 0 Å². The normalized spacial score (nSPS) is 20.1. The van der Waals surface area contributed by atoms with E-state index in [0.29, 0.717) is 28.3 Å². The highest BCUT2D eigenvalue weighted by molar-refractivity contribution is 6.02. The van der Waals surface area contributed by atoms with Crippen LogP contribution in [0.1, 0.15) is 39.7 Å². The second-order valence-electron chi connectivity index (χ2n) is 11.5. The highest BCUT2D eigenvalue weighted by Crippen LogP contribution is 2.46. The Morgan fingerprint density at radius 3 is 2.68 bits per heavy atom. The molecule has 7 nitrogen and oxygen atoms in total. The Kier molecular flexibility index (Phi) is 6.25. The lowest BCUT2D eigenvalue weighted by Gasteiger charge is -2.54. The molecule has 2 aliphatic rings. The largest absolute Gasteiger partial charge is 0.481 e. The fraction of sp³-hybridized carbons (Fsp3) is 0.344. The molecule has 2 fully saturated rings. The van der Waals surface area contributed by atoms with Crippen LogP contribution in [-0.2, 0) is 4.74 Å². The highest BCUT2D eigenvalue weighted by Gasteiger charge is 2.55. The van der Waals surface area contributed by atoms with Gasteiger partial charge < -0.3 is 19.3 Å². The van der Waals surface area contributed by atoms with Crippen molar-refractivity contribution >= 4 is 33.5 Å². The van der Waals surface area contributed by atoms with Crippen LogP contribution in [-0.4, -0.2) is 58.3 Å². The molecule has 0 radical (unpaired) electrons. The van der Waals surface area contributed by atoms with Crippen LogP contribution < -0.4 is 9.64 Å². The minimum Gasteiger partial charge on any atom is -0.481 e. The molecule has 0 aliphatic carbocycles. The number of hydrogen-bond acceptors (Lipinski definition) is 6. The Morgan fingerprint density at radius 2 is 1.98 bits per heavy atom. The Balaban J connectivity index is 1.45. The van der Waals surface area contributed by atoms with E-state index >= 15 is 4.39 Å². The van der Waals surface area contributed by atoms with Crippen molar-refractivity contribution in [3.8, 4) is 29.5 Å². The summed E-state index contributed by atoms with van der Waals surface area (Å²) in [5.41, 5.74) is 0.657. The number of ether oxygens (including phenoxy) is 2. The molecule has 41 heavy (non-hydrogen) atoms. The van der Waals surface area contributed by atoms with Crippen LogP contribution in [0, 0.1) is 24.0 Å². The Morgan fingerprint density at radius 1 is 1.20 bits per heavy atom. The second kappa shape index (κ2) is 9.58. The van der Waals surface area contributed by atoms with Gasteiger partial charge >= 0.3 is 6.09 Å². The number of benzene rings is 2. The molecule has 0 bridgehead atoms. The molecule has 9 heteroatoms. The van der Waals surface area contributed by atoms with E-state index in [-0.39, 0.29) is 46.9 Å². The summed E-state index contributed by atoms with van der Waals surface area (Å²) in [5, 5.41) is 1.60. The van der Waals surface area contributed by atoms with Crippen molar-refractivity contribution in [3.63, 3.8) is 0 Å². The quantitative estimate of drug-likeness (QED) is 0.276. The van der Waals surface area contributed by atoms with Crippen LogP contribution in [0.3, 0.4) is 0 Å². The Labute approximate surface area is 237 Å². The van der Waals surface area contributed by atoms with Gasteiger partial charge in [0.2, 0.25) is 5.88 Å². The van der Waals surface area contributed by atoms with E-state index in [1.807, 2.05) is 27.7 Å². The van der Waals surface area contributed by atoms with Crippen LogP contribution in [0.15, 0.2) is 42.6 Å². The Bertz CT molecular complexity index is 1760. The maximum atomic E-state index is 16.4. The van der Waals surface area contributed by atoms with Gasteiger partial charge in [0.25, 0.3) is 0 Å². The van der Waals surface area contributed by atoms with Crippen molar-refractivity contribution in [2.24, 2.45) is 0 Å². The van der Waals surface area contributed by atoms with Gasteiger partial charge in [-0.05, 0) is 45.6 Å². The molecule has 0 spiro atoms. The van der Waals surface area contributed by atoms with E-state index < -0.39 is 17.2 Å². The van der Waals surface area contributed by atoms with Gasteiger partial charge in [0.05, 0.1) is 30.4 Å².